The maximum absolute atomic E-state index is 12.2. The fourth-order valence-corrected chi connectivity index (χ4v) is 3.71. The lowest BCUT2D eigenvalue weighted by Gasteiger charge is -2.10. The van der Waals surface area contributed by atoms with E-state index < -0.39 is 16.0 Å². The number of nitrogens with zero attached hydrogens (tertiary/aromatic N) is 1. The Labute approximate surface area is 163 Å². The van der Waals surface area contributed by atoms with Crippen LogP contribution in [0.25, 0.3) is 11.5 Å². The average Bonchev–Trinajstić information content (AvgIpc) is 3.15. The monoisotopic (exact) mass is 400 g/mol. The second-order valence-corrected chi connectivity index (χ2v) is 8.10. The first-order chi connectivity index (χ1) is 13.3. The largest absolute Gasteiger partial charge is 0.455 e. The van der Waals surface area contributed by atoms with Crippen LogP contribution in [0.1, 0.15) is 29.9 Å². The van der Waals surface area contributed by atoms with Gasteiger partial charge in [-0.05, 0) is 50.2 Å². The molecule has 28 heavy (non-hydrogen) atoms. The van der Waals surface area contributed by atoms with E-state index in [1.807, 2.05) is 30.3 Å². The Morgan fingerprint density at radius 2 is 1.79 bits per heavy atom. The fraction of sp³-hybridized carbons (Fsp3) is 0.200. The summed E-state index contributed by atoms with van der Waals surface area (Å²) in [6, 6.07) is 14.7. The average molecular weight is 400 g/mol. The van der Waals surface area contributed by atoms with Gasteiger partial charge in [0.15, 0.2) is 0 Å². The Morgan fingerprint density at radius 1 is 1.11 bits per heavy atom. The second-order valence-electron chi connectivity index (χ2n) is 6.39. The number of sulfonamides is 1. The van der Waals surface area contributed by atoms with Crippen LogP contribution in [0.15, 0.2) is 70.2 Å². The van der Waals surface area contributed by atoms with E-state index in [9.17, 15) is 13.2 Å². The molecule has 1 aromatic heterocycles. The molecule has 7 nitrogen and oxygen atoms in total. The lowest BCUT2D eigenvalue weighted by molar-refractivity contribution is 0.0467. The minimum atomic E-state index is -3.61. The van der Waals surface area contributed by atoms with Crippen LogP contribution in [0, 0.1) is 0 Å². The summed E-state index contributed by atoms with van der Waals surface area (Å²) in [4.78, 5) is 16.6. The summed E-state index contributed by atoms with van der Waals surface area (Å²) in [5, 5.41) is 0. The highest BCUT2D eigenvalue weighted by atomic mass is 32.2. The van der Waals surface area contributed by atoms with Crippen LogP contribution in [0.2, 0.25) is 0 Å². The van der Waals surface area contributed by atoms with Crippen molar-refractivity contribution in [1.82, 2.24) is 9.71 Å². The summed E-state index contributed by atoms with van der Waals surface area (Å²) < 4.78 is 37.3. The molecule has 0 aliphatic rings. The molecule has 0 saturated heterocycles. The molecular formula is C20H20N2O5S. The second kappa shape index (κ2) is 8.37. The maximum atomic E-state index is 12.2. The van der Waals surface area contributed by atoms with E-state index in [1.165, 1.54) is 30.5 Å². The Morgan fingerprint density at radius 3 is 2.43 bits per heavy atom. The fourth-order valence-electron chi connectivity index (χ4n) is 2.46. The molecule has 0 unspecified atom stereocenters. The van der Waals surface area contributed by atoms with E-state index in [-0.39, 0.29) is 23.1 Å². The summed E-state index contributed by atoms with van der Waals surface area (Å²) in [5.74, 6) is -0.135. The Balaban J connectivity index is 1.62. The molecule has 0 bridgehead atoms. The molecule has 3 aromatic rings. The number of rotatable bonds is 7. The van der Waals surface area contributed by atoms with E-state index in [0.29, 0.717) is 11.6 Å². The van der Waals surface area contributed by atoms with Crippen LogP contribution in [-0.4, -0.2) is 25.4 Å². The number of benzene rings is 2. The summed E-state index contributed by atoms with van der Waals surface area (Å²) in [7, 11) is -3.61. The molecule has 0 spiro atoms. The number of oxazole rings is 1. The van der Waals surface area contributed by atoms with Crippen molar-refractivity contribution < 1.29 is 22.4 Å². The molecule has 1 heterocycles. The molecule has 0 atom stereocenters. The first kappa shape index (κ1) is 19.8. The van der Waals surface area contributed by atoms with Crippen molar-refractivity contribution in [1.29, 1.82) is 0 Å². The molecule has 3 rings (SSSR count). The van der Waals surface area contributed by atoms with Gasteiger partial charge in [0.1, 0.15) is 18.6 Å². The summed E-state index contributed by atoms with van der Waals surface area (Å²) in [5.41, 5.74) is 1.55. The van der Waals surface area contributed by atoms with Gasteiger partial charge >= 0.3 is 5.97 Å². The number of hydrogen-bond donors (Lipinski definition) is 1. The van der Waals surface area contributed by atoms with Gasteiger partial charge in [0.2, 0.25) is 15.9 Å². The van der Waals surface area contributed by atoms with Gasteiger partial charge < -0.3 is 9.15 Å². The predicted octanol–water partition coefficient (Wildman–Crippen LogP) is 3.39. The van der Waals surface area contributed by atoms with E-state index >= 15 is 0 Å². The summed E-state index contributed by atoms with van der Waals surface area (Å²) >= 11 is 0. The minimum absolute atomic E-state index is 0.0515. The SMILES string of the molecule is CC(C)NS(=O)(=O)c1ccc(C(=O)OCc2coc(-c3ccccc3)n2)cc1. The Hall–Kier alpha value is -2.97. The van der Waals surface area contributed by atoms with Gasteiger partial charge in [0, 0.05) is 11.6 Å². The predicted molar refractivity (Wildman–Crippen MR) is 103 cm³/mol. The lowest BCUT2D eigenvalue weighted by Crippen LogP contribution is -2.30. The third-order valence-electron chi connectivity index (χ3n) is 3.71. The molecule has 2 aromatic carbocycles. The van der Waals surface area contributed by atoms with Crippen molar-refractivity contribution in [3.05, 3.63) is 72.1 Å². The highest BCUT2D eigenvalue weighted by Crippen LogP contribution is 2.18. The molecule has 1 N–H and O–H groups in total. The molecule has 0 fully saturated rings. The first-order valence-electron chi connectivity index (χ1n) is 8.64. The van der Waals surface area contributed by atoms with E-state index in [4.69, 9.17) is 9.15 Å². The zero-order valence-electron chi connectivity index (χ0n) is 15.5. The number of carbonyl (C=O) groups excluding carboxylic acids is 1. The maximum Gasteiger partial charge on any atom is 0.338 e. The molecule has 0 saturated carbocycles. The van der Waals surface area contributed by atoms with Crippen molar-refractivity contribution in [2.75, 3.05) is 0 Å². The normalized spacial score (nSPS) is 11.5. The summed E-state index contributed by atoms with van der Waals surface area (Å²) in [6.07, 6.45) is 1.43. The number of carbonyl (C=O) groups is 1. The Bertz CT molecular complexity index is 1040. The van der Waals surface area contributed by atoms with Gasteiger partial charge in [-0.1, -0.05) is 18.2 Å². The van der Waals surface area contributed by atoms with Crippen LogP contribution in [0.5, 0.6) is 0 Å². The molecule has 0 aliphatic carbocycles. The van der Waals surface area contributed by atoms with Gasteiger partial charge in [0.05, 0.1) is 10.5 Å². The molecule has 8 heteroatoms. The lowest BCUT2D eigenvalue weighted by atomic mass is 10.2. The van der Waals surface area contributed by atoms with Crippen LogP contribution in [0.3, 0.4) is 0 Å². The van der Waals surface area contributed by atoms with E-state index in [1.54, 1.807) is 13.8 Å². The number of ether oxygens (including phenoxy) is 1. The van der Waals surface area contributed by atoms with Gasteiger partial charge in [-0.2, -0.15) is 0 Å². The third kappa shape index (κ3) is 4.85. The smallest absolute Gasteiger partial charge is 0.338 e. The van der Waals surface area contributed by atoms with Crippen molar-refractivity contribution >= 4 is 16.0 Å². The highest BCUT2D eigenvalue weighted by Gasteiger charge is 2.17. The van der Waals surface area contributed by atoms with E-state index in [0.717, 1.165) is 5.56 Å². The van der Waals surface area contributed by atoms with Crippen LogP contribution < -0.4 is 4.72 Å². The summed E-state index contributed by atoms with van der Waals surface area (Å²) in [6.45, 7) is 3.41. The van der Waals surface area contributed by atoms with Gasteiger partial charge in [-0.25, -0.2) is 22.9 Å². The molecular weight excluding hydrogens is 380 g/mol. The molecule has 0 amide bonds. The van der Waals surface area contributed by atoms with Crippen LogP contribution >= 0.6 is 0 Å². The number of nitrogens with one attached hydrogen (secondary N) is 1. The van der Waals surface area contributed by atoms with Crippen LogP contribution in [0.4, 0.5) is 0 Å². The van der Waals surface area contributed by atoms with Crippen molar-refractivity contribution in [2.24, 2.45) is 0 Å². The standard InChI is InChI=1S/C20H20N2O5S/c1-14(2)22-28(24,25)18-10-8-16(9-11-18)20(23)27-13-17-12-26-19(21-17)15-6-4-3-5-7-15/h3-12,14,22H,13H2,1-2H3. The van der Waals surface area contributed by atoms with Crippen molar-refractivity contribution in [3.8, 4) is 11.5 Å². The zero-order valence-corrected chi connectivity index (χ0v) is 16.3. The molecule has 0 radical (unpaired) electrons. The van der Waals surface area contributed by atoms with Crippen molar-refractivity contribution in [3.63, 3.8) is 0 Å². The zero-order chi connectivity index (χ0) is 20.1. The van der Waals surface area contributed by atoms with Crippen LogP contribution in [-0.2, 0) is 21.4 Å². The Kier molecular flexibility index (Phi) is 5.91. The quantitative estimate of drug-likeness (QED) is 0.611. The first-order valence-corrected chi connectivity index (χ1v) is 10.1. The van der Waals surface area contributed by atoms with Crippen molar-refractivity contribution in [2.45, 2.75) is 31.4 Å². The number of hydrogen-bond acceptors (Lipinski definition) is 6. The number of aromatic nitrogens is 1. The van der Waals surface area contributed by atoms with Gasteiger partial charge in [0.25, 0.3) is 0 Å². The highest BCUT2D eigenvalue weighted by molar-refractivity contribution is 7.89. The third-order valence-corrected chi connectivity index (χ3v) is 5.39. The van der Waals surface area contributed by atoms with E-state index in [2.05, 4.69) is 9.71 Å². The van der Waals surface area contributed by atoms with Gasteiger partial charge in [-0.3, -0.25) is 0 Å². The van der Waals surface area contributed by atoms with Gasteiger partial charge in [-0.15, -0.1) is 0 Å². The minimum Gasteiger partial charge on any atom is -0.455 e. The molecule has 0 aliphatic heterocycles. The molecule has 146 valence electrons. The topological polar surface area (TPSA) is 98.5 Å². The number of esters is 1.